The molecular formula is C39H73N5O4. The number of hydrogen-bond donors (Lipinski definition) is 2. The van der Waals surface area contributed by atoms with Crippen LogP contribution in [0.5, 0.6) is 5.88 Å². The Kier molecular flexibility index (Phi) is 38.6. The molecule has 48 heavy (non-hydrogen) atoms. The van der Waals surface area contributed by atoms with Crippen molar-refractivity contribution in [1.82, 2.24) is 9.97 Å². The van der Waals surface area contributed by atoms with E-state index in [1.807, 2.05) is 84.6 Å². The summed E-state index contributed by atoms with van der Waals surface area (Å²) in [6, 6.07) is 7.13. The molecule has 0 fully saturated rings. The largest absolute Gasteiger partial charge is 0.466 e. The molecule has 1 heterocycles. The minimum atomic E-state index is -0.504. The Labute approximate surface area is 295 Å². The number of carbonyl (C=O) groups is 2. The molecule has 0 saturated heterocycles. The minimum absolute atomic E-state index is 0.143. The predicted molar refractivity (Wildman–Crippen MR) is 210 cm³/mol. The second-order valence-electron chi connectivity index (χ2n) is 9.66. The number of benzene rings is 1. The van der Waals surface area contributed by atoms with Gasteiger partial charge in [-0.3, -0.25) is 4.79 Å². The van der Waals surface area contributed by atoms with Crippen LogP contribution in [-0.2, 0) is 9.53 Å². The molecule has 2 N–H and O–H groups in total. The first-order valence-corrected chi connectivity index (χ1v) is 18.4. The van der Waals surface area contributed by atoms with Gasteiger partial charge in [0.05, 0.1) is 6.61 Å². The van der Waals surface area contributed by atoms with Gasteiger partial charge in [-0.15, -0.1) is 0 Å². The van der Waals surface area contributed by atoms with E-state index in [1.54, 1.807) is 6.92 Å². The lowest BCUT2D eigenvalue weighted by Gasteiger charge is -2.22. The number of aryl methyl sites for hydroxylation is 1. The van der Waals surface area contributed by atoms with Crippen molar-refractivity contribution in [1.29, 1.82) is 0 Å². The third-order valence-electron chi connectivity index (χ3n) is 5.35. The van der Waals surface area contributed by atoms with Crippen molar-refractivity contribution in [2.75, 3.05) is 41.8 Å². The topological polar surface area (TPSA) is 106 Å². The van der Waals surface area contributed by atoms with Crippen molar-refractivity contribution in [3.05, 3.63) is 47.3 Å². The molecule has 0 bridgehead atoms. The van der Waals surface area contributed by atoms with Crippen molar-refractivity contribution >= 4 is 29.2 Å². The number of carbonyl (C=O) groups excluding carboxylic acids is 2. The Bertz CT molecular complexity index is 1080. The summed E-state index contributed by atoms with van der Waals surface area (Å²) < 4.78 is 10.5. The third-order valence-corrected chi connectivity index (χ3v) is 5.35. The fourth-order valence-electron chi connectivity index (χ4n) is 3.55. The van der Waals surface area contributed by atoms with Crippen LogP contribution >= 0.6 is 0 Å². The van der Waals surface area contributed by atoms with Crippen molar-refractivity contribution in [2.45, 2.75) is 143 Å². The SMILES string of the molecule is C/C=C(\CC)Nc1ccc(NC(=O)c2cc(OCC(=O)OCC)nc(N(CCC)CCC)n2)cc1C.CC.CC.CC.CCC.CCC. The maximum atomic E-state index is 13.2. The molecule has 9 heteroatoms. The number of nitrogens with one attached hydrogen (secondary N) is 2. The highest BCUT2D eigenvalue weighted by Gasteiger charge is 2.18. The van der Waals surface area contributed by atoms with Crippen molar-refractivity contribution < 1.29 is 19.1 Å². The van der Waals surface area contributed by atoms with Gasteiger partial charge in [0, 0.05) is 36.2 Å². The van der Waals surface area contributed by atoms with E-state index in [-0.39, 0.29) is 24.8 Å². The van der Waals surface area contributed by atoms with Crippen molar-refractivity contribution in [3.8, 4) is 5.88 Å². The Morgan fingerprint density at radius 2 is 1.35 bits per heavy atom. The van der Waals surface area contributed by atoms with Gasteiger partial charge in [0.2, 0.25) is 11.8 Å². The summed E-state index contributed by atoms with van der Waals surface area (Å²) in [6.07, 6.45) is 7.23. The van der Waals surface area contributed by atoms with Crippen LogP contribution in [0.25, 0.3) is 0 Å². The average Bonchev–Trinajstić information content (AvgIpc) is 3.10. The van der Waals surface area contributed by atoms with E-state index in [4.69, 9.17) is 9.47 Å². The molecule has 0 spiro atoms. The Morgan fingerprint density at radius 3 is 1.79 bits per heavy atom. The van der Waals surface area contributed by atoms with Gasteiger partial charge in [0.1, 0.15) is 5.69 Å². The van der Waals surface area contributed by atoms with E-state index in [1.165, 1.54) is 18.9 Å². The molecule has 1 amide bonds. The quantitative estimate of drug-likeness (QED) is 0.191. The molecule has 1 aromatic heterocycles. The number of anilines is 3. The van der Waals surface area contributed by atoms with Crippen LogP contribution in [0.4, 0.5) is 17.3 Å². The molecule has 2 aromatic rings. The zero-order chi connectivity index (χ0) is 37.9. The standard InChI is InChI=1S/C27H39N5O4.2C3H8.3C2H6/c1-7-14-32(15-8-2)27-30-23(17-24(31-27)36-18-25(33)35-11-5)26(34)29-21-12-13-22(19(6)16-21)28-20(9-3)10-4;2*1-3-2;3*1-2/h9,12-13,16-17,28H,7-8,10-11,14-15,18H2,1-6H3,(H,29,34);2*3H2,1-2H3;3*1-2H3/b20-9+;;;;;. The van der Waals surface area contributed by atoms with Crippen LogP contribution in [0, 0.1) is 6.92 Å². The fraction of sp³-hybridized carbons (Fsp3) is 0.641. The number of hydrogen-bond acceptors (Lipinski definition) is 8. The molecule has 0 atom stereocenters. The summed E-state index contributed by atoms with van der Waals surface area (Å²) in [4.78, 5) is 35.9. The zero-order valence-electron chi connectivity index (χ0n) is 33.7. The van der Waals surface area contributed by atoms with E-state index in [9.17, 15) is 9.59 Å². The third kappa shape index (κ3) is 23.7. The maximum absolute atomic E-state index is 13.2. The summed E-state index contributed by atoms with van der Waals surface area (Å²) in [5.74, 6) is -0.365. The van der Waals surface area contributed by atoms with Crippen LogP contribution < -0.4 is 20.3 Å². The molecule has 2 rings (SSSR count). The van der Waals surface area contributed by atoms with Crippen molar-refractivity contribution in [3.63, 3.8) is 0 Å². The molecule has 0 aliphatic heterocycles. The van der Waals surface area contributed by atoms with Gasteiger partial charge in [0.25, 0.3) is 5.91 Å². The van der Waals surface area contributed by atoms with Crippen molar-refractivity contribution in [2.24, 2.45) is 0 Å². The maximum Gasteiger partial charge on any atom is 0.344 e. The number of ether oxygens (including phenoxy) is 2. The predicted octanol–water partition coefficient (Wildman–Crippen LogP) is 11.2. The molecule has 0 saturated carbocycles. The van der Waals surface area contributed by atoms with E-state index < -0.39 is 11.9 Å². The van der Waals surface area contributed by atoms with Crippen LogP contribution in [-0.4, -0.2) is 48.1 Å². The summed E-state index contributed by atoms with van der Waals surface area (Å²) >= 11 is 0. The van der Waals surface area contributed by atoms with Gasteiger partial charge in [-0.1, -0.05) is 109 Å². The first kappa shape index (κ1) is 51.2. The average molecular weight is 676 g/mol. The minimum Gasteiger partial charge on any atom is -0.466 e. The summed E-state index contributed by atoms with van der Waals surface area (Å²) in [5.41, 5.74) is 3.91. The number of nitrogens with zero attached hydrogens (tertiary/aromatic N) is 3. The molecule has 0 unspecified atom stereocenters. The summed E-state index contributed by atoms with van der Waals surface area (Å²) in [5, 5.41) is 6.32. The number of esters is 1. The van der Waals surface area contributed by atoms with Gasteiger partial charge >= 0.3 is 5.97 Å². The Balaban J connectivity index is -0.000000712. The zero-order valence-corrected chi connectivity index (χ0v) is 33.7. The van der Waals surface area contributed by atoms with Gasteiger partial charge in [-0.25, -0.2) is 9.78 Å². The smallest absolute Gasteiger partial charge is 0.344 e. The van der Waals surface area contributed by atoms with Crippen LogP contribution in [0.3, 0.4) is 0 Å². The number of rotatable bonds is 14. The highest BCUT2D eigenvalue weighted by molar-refractivity contribution is 6.03. The van der Waals surface area contributed by atoms with Gasteiger partial charge in [-0.05, 0) is 63.8 Å². The van der Waals surface area contributed by atoms with Gasteiger partial charge < -0.3 is 25.0 Å². The van der Waals surface area contributed by atoms with Crippen LogP contribution in [0.2, 0.25) is 0 Å². The van der Waals surface area contributed by atoms with Gasteiger partial charge in [-0.2, -0.15) is 4.98 Å². The number of aromatic nitrogens is 2. The second kappa shape index (κ2) is 36.2. The van der Waals surface area contributed by atoms with E-state index in [0.717, 1.165) is 49.3 Å². The molecule has 0 aliphatic carbocycles. The molecular weight excluding hydrogens is 602 g/mol. The normalized spacial score (nSPS) is 9.46. The van der Waals surface area contributed by atoms with E-state index >= 15 is 0 Å². The lowest BCUT2D eigenvalue weighted by Crippen LogP contribution is -2.28. The second-order valence-corrected chi connectivity index (χ2v) is 9.66. The van der Waals surface area contributed by atoms with Gasteiger partial charge in [0.15, 0.2) is 6.61 Å². The van der Waals surface area contributed by atoms with Crippen LogP contribution in [0.1, 0.15) is 152 Å². The first-order chi connectivity index (χ1) is 23.2. The Hall–Kier alpha value is -3.62. The highest BCUT2D eigenvalue weighted by atomic mass is 16.6. The molecule has 0 radical (unpaired) electrons. The van der Waals surface area contributed by atoms with Crippen LogP contribution in [0.15, 0.2) is 36.0 Å². The monoisotopic (exact) mass is 676 g/mol. The molecule has 9 nitrogen and oxygen atoms in total. The molecule has 278 valence electrons. The first-order valence-electron chi connectivity index (χ1n) is 18.4. The van der Waals surface area contributed by atoms with E-state index in [0.29, 0.717) is 11.6 Å². The lowest BCUT2D eigenvalue weighted by molar-refractivity contribution is -0.145. The summed E-state index contributed by atoms with van der Waals surface area (Å²) in [6.45, 7) is 33.9. The highest BCUT2D eigenvalue weighted by Crippen LogP contribution is 2.23. The fourth-order valence-corrected chi connectivity index (χ4v) is 3.55. The summed E-state index contributed by atoms with van der Waals surface area (Å²) in [7, 11) is 0. The Morgan fingerprint density at radius 1 is 0.812 bits per heavy atom. The molecule has 1 aromatic carbocycles. The van der Waals surface area contributed by atoms with E-state index in [2.05, 4.69) is 69.1 Å². The number of amides is 1. The lowest BCUT2D eigenvalue weighted by atomic mass is 10.1. The molecule has 0 aliphatic rings. The number of allylic oxidation sites excluding steroid dienone is 2.